The molecule has 7 nitrogen and oxygen atoms in total. The number of nitrogens with zero attached hydrogens (tertiary/aromatic N) is 2. The van der Waals surface area contributed by atoms with E-state index in [1.165, 1.54) is 29.5 Å². The zero-order valence-electron chi connectivity index (χ0n) is 20.2. The van der Waals surface area contributed by atoms with Crippen LogP contribution in [0.2, 0.25) is 0 Å². The highest BCUT2D eigenvalue weighted by Crippen LogP contribution is 2.32. The number of nitrogens with one attached hydrogen (secondary N) is 1. The molecule has 2 aliphatic rings. The molecule has 2 amide bonds. The number of carbonyl (C=O) groups excluding carboxylic acids is 2. The summed E-state index contributed by atoms with van der Waals surface area (Å²) in [5, 5.41) is 3.04. The number of hydrogen-bond acceptors (Lipinski definition) is 4. The first-order valence-corrected chi connectivity index (χ1v) is 13.2. The van der Waals surface area contributed by atoms with E-state index < -0.39 is 22.1 Å². The Bertz CT molecular complexity index is 1150. The van der Waals surface area contributed by atoms with Crippen molar-refractivity contribution in [2.75, 3.05) is 14.1 Å². The van der Waals surface area contributed by atoms with E-state index in [0.717, 1.165) is 18.4 Å². The van der Waals surface area contributed by atoms with Crippen molar-refractivity contribution < 1.29 is 18.0 Å². The molecule has 1 aliphatic heterocycles. The normalized spacial score (nSPS) is 21.3. The first-order chi connectivity index (χ1) is 16.1. The van der Waals surface area contributed by atoms with E-state index in [2.05, 4.69) is 17.4 Å². The monoisotopic (exact) mass is 483 g/mol. The number of fused-ring (bicyclic) bond motifs is 1. The van der Waals surface area contributed by atoms with Crippen molar-refractivity contribution in [2.45, 2.75) is 56.6 Å². The summed E-state index contributed by atoms with van der Waals surface area (Å²) in [6.07, 6.45) is 2.11. The molecule has 4 rings (SSSR count). The van der Waals surface area contributed by atoms with Crippen molar-refractivity contribution in [2.24, 2.45) is 11.8 Å². The molecule has 1 aliphatic carbocycles. The van der Waals surface area contributed by atoms with Crippen LogP contribution in [0, 0.1) is 11.8 Å². The second kappa shape index (κ2) is 9.50. The van der Waals surface area contributed by atoms with Gasteiger partial charge in [-0.05, 0) is 59.9 Å². The van der Waals surface area contributed by atoms with Crippen LogP contribution in [0.3, 0.4) is 0 Å². The molecule has 0 unspecified atom stereocenters. The largest absolute Gasteiger partial charge is 0.342 e. The lowest BCUT2D eigenvalue weighted by atomic mass is 9.90. The molecule has 1 fully saturated rings. The summed E-state index contributed by atoms with van der Waals surface area (Å²) < 4.78 is 26.0. The molecule has 0 spiro atoms. The standard InChI is InChI=1S/C26H33N3O4S/c1-17(2)13-23-25(30)27-24(21-14-19-7-5-6-8-20(19)15-21)26(31)29(23)16-18-9-11-22(12-10-18)34(32,33)28(3)4/h5-12,17,21,23-24H,13-16H2,1-4H3,(H,27,30)/t23-,24-/m1/s1. The van der Waals surface area contributed by atoms with Gasteiger partial charge in [-0.3, -0.25) is 9.59 Å². The maximum Gasteiger partial charge on any atom is 0.246 e. The molecule has 34 heavy (non-hydrogen) atoms. The van der Waals surface area contributed by atoms with Gasteiger partial charge in [0.15, 0.2) is 0 Å². The van der Waals surface area contributed by atoms with Crippen molar-refractivity contribution in [3.63, 3.8) is 0 Å². The van der Waals surface area contributed by atoms with Crippen LogP contribution in [0.5, 0.6) is 0 Å². The third kappa shape index (κ3) is 4.74. The Kier molecular flexibility index (Phi) is 6.82. The minimum absolute atomic E-state index is 0.0314. The van der Waals surface area contributed by atoms with Gasteiger partial charge in [-0.15, -0.1) is 0 Å². The molecular weight excluding hydrogens is 450 g/mol. The van der Waals surface area contributed by atoms with Crippen molar-refractivity contribution in [1.29, 1.82) is 0 Å². The van der Waals surface area contributed by atoms with Crippen LogP contribution >= 0.6 is 0 Å². The molecule has 0 saturated carbocycles. The Hall–Kier alpha value is -2.71. The average molecular weight is 484 g/mol. The topological polar surface area (TPSA) is 86.8 Å². The fourth-order valence-electron chi connectivity index (χ4n) is 4.98. The van der Waals surface area contributed by atoms with Crippen LogP contribution in [0.4, 0.5) is 0 Å². The van der Waals surface area contributed by atoms with Gasteiger partial charge >= 0.3 is 0 Å². The maximum atomic E-state index is 13.7. The fourth-order valence-corrected chi connectivity index (χ4v) is 5.88. The van der Waals surface area contributed by atoms with Gasteiger partial charge in [-0.1, -0.05) is 50.2 Å². The summed E-state index contributed by atoms with van der Waals surface area (Å²) in [6.45, 7) is 4.34. The lowest BCUT2D eigenvalue weighted by Gasteiger charge is -2.41. The Morgan fingerprint density at radius 2 is 1.59 bits per heavy atom. The SMILES string of the molecule is CC(C)C[C@@H]1C(=O)N[C@H](C2Cc3ccccc3C2)C(=O)N1Cc1ccc(S(=O)(=O)N(C)C)cc1. The number of benzene rings is 2. The summed E-state index contributed by atoms with van der Waals surface area (Å²) in [5.41, 5.74) is 3.27. The predicted molar refractivity (Wildman–Crippen MR) is 130 cm³/mol. The van der Waals surface area contributed by atoms with E-state index in [0.29, 0.717) is 6.42 Å². The molecule has 0 bridgehead atoms. The van der Waals surface area contributed by atoms with Gasteiger partial charge in [0, 0.05) is 20.6 Å². The second-order valence-electron chi connectivity index (χ2n) is 9.97. The summed E-state index contributed by atoms with van der Waals surface area (Å²) in [5.74, 6) is 0.101. The Balaban J connectivity index is 1.58. The Morgan fingerprint density at radius 1 is 1.00 bits per heavy atom. The smallest absolute Gasteiger partial charge is 0.246 e. The lowest BCUT2D eigenvalue weighted by molar-refractivity contribution is -0.152. The summed E-state index contributed by atoms with van der Waals surface area (Å²) >= 11 is 0. The highest BCUT2D eigenvalue weighted by atomic mass is 32.2. The minimum Gasteiger partial charge on any atom is -0.342 e. The van der Waals surface area contributed by atoms with Gasteiger partial charge in [-0.25, -0.2) is 12.7 Å². The van der Waals surface area contributed by atoms with E-state index >= 15 is 0 Å². The quantitative estimate of drug-likeness (QED) is 0.656. The summed E-state index contributed by atoms with van der Waals surface area (Å²) in [6, 6.07) is 13.7. The predicted octanol–water partition coefficient (Wildman–Crippen LogP) is 2.59. The third-order valence-electron chi connectivity index (χ3n) is 6.83. The van der Waals surface area contributed by atoms with Gasteiger partial charge in [-0.2, -0.15) is 0 Å². The average Bonchev–Trinajstić information content (AvgIpc) is 3.22. The first-order valence-electron chi connectivity index (χ1n) is 11.8. The number of piperazine rings is 1. The minimum atomic E-state index is -3.53. The zero-order valence-corrected chi connectivity index (χ0v) is 21.0. The van der Waals surface area contributed by atoms with Crippen LogP contribution in [0.15, 0.2) is 53.4 Å². The third-order valence-corrected chi connectivity index (χ3v) is 8.66. The number of sulfonamides is 1. The van der Waals surface area contributed by atoms with Gasteiger partial charge in [0.05, 0.1) is 4.90 Å². The van der Waals surface area contributed by atoms with Crippen molar-refractivity contribution in [1.82, 2.24) is 14.5 Å². The zero-order chi connectivity index (χ0) is 24.6. The highest BCUT2D eigenvalue weighted by molar-refractivity contribution is 7.89. The van der Waals surface area contributed by atoms with Crippen LogP contribution in [-0.4, -0.2) is 55.6 Å². The molecule has 1 heterocycles. The molecule has 8 heteroatoms. The molecule has 0 aromatic heterocycles. The number of hydrogen-bond donors (Lipinski definition) is 1. The van der Waals surface area contributed by atoms with E-state index in [1.807, 2.05) is 26.0 Å². The summed E-state index contributed by atoms with van der Waals surface area (Å²) in [7, 11) is -0.546. The molecule has 2 aromatic carbocycles. The van der Waals surface area contributed by atoms with Crippen molar-refractivity contribution in [3.05, 3.63) is 65.2 Å². The van der Waals surface area contributed by atoms with Gasteiger partial charge in [0.1, 0.15) is 12.1 Å². The van der Waals surface area contributed by atoms with E-state index in [4.69, 9.17) is 0 Å². The molecule has 2 aromatic rings. The first kappa shape index (κ1) is 24.4. The maximum absolute atomic E-state index is 13.7. The number of amides is 2. The lowest BCUT2D eigenvalue weighted by Crippen LogP contribution is -2.65. The van der Waals surface area contributed by atoms with Crippen molar-refractivity contribution >= 4 is 21.8 Å². The highest BCUT2D eigenvalue weighted by Gasteiger charge is 2.45. The molecule has 1 N–H and O–H groups in total. The van der Waals surface area contributed by atoms with Crippen LogP contribution in [0.1, 0.15) is 37.0 Å². The molecule has 1 saturated heterocycles. The fraction of sp³-hybridized carbons (Fsp3) is 0.462. The second-order valence-corrected chi connectivity index (χ2v) is 12.1. The van der Waals surface area contributed by atoms with E-state index in [9.17, 15) is 18.0 Å². The van der Waals surface area contributed by atoms with Gasteiger partial charge in [0.25, 0.3) is 0 Å². The molecule has 182 valence electrons. The van der Waals surface area contributed by atoms with Crippen LogP contribution < -0.4 is 5.32 Å². The molecule has 0 radical (unpaired) electrons. The molecular formula is C26H33N3O4S. The van der Waals surface area contributed by atoms with Crippen molar-refractivity contribution in [3.8, 4) is 0 Å². The Labute approximate surface area is 202 Å². The molecule has 2 atom stereocenters. The van der Waals surface area contributed by atoms with Crippen LogP contribution in [0.25, 0.3) is 0 Å². The van der Waals surface area contributed by atoms with Gasteiger partial charge < -0.3 is 10.2 Å². The summed E-state index contributed by atoms with van der Waals surface area (Å²) in [4.78, 5) is 28.8. The van der Waals surface area contributed by atoms with Crippen LogP contribution in [-0.2, 0) is 39.0 Å². The number of rotatable bonds is 7. The van der Waals surface area contributed by atoms with E-state index in [1.54, 1.807) is 29.2 Å². The van der Waals surface area contributed by atoms with E-state index in [-0.39, 0.29) is 35.1 Å². The van der Waals surface area contributed by atoms with Gasteiger partial charge in [0.2, 0.25) is 21.8 Å². The number of carbonyl (C=O) groups is 2. The Morgan fingerprint density at radius 3 is 2.12 bits per heavy atom.